The van der Waals surface area contributed by atoms with Crippen LogP contribution >= 0.6 is 23.4 Å². The van der Waals surface area contributed by atoms with Gasteiger partial charge >= 0.3 is 0 Å². The zero-order chi connectivity index (χ0) is 15.5. The van der Waals surface area contributed by atoms with Crippen molar-refractivity contribution in [2.45, 2.75) is 0 Å². The van der Waals surface area contributed by atoms with Crippen LogP contribution in [0.5, 0.6) is 0 Å². The molecule has 0 N–H and O–H groups in total. The number of allylic oxidation sites excluding steroid dienone is 2. The van der Waals surface area contributed by atoms with E-state index in [1.807, 2.05) is 0 Å². The maximum Gasteiger partial charge on any atom is 0.298 e. The number of imide groups is 1. The molecule has 1 aliphatic heterocycles. The number of furan rings is 1. The zero-order valence-corrected chi connectivity index (χ0v) is 12.8. The summed E-state index contributed by atoms with van der Waals surface area (Å²) in [5.41, 5.74) is 0.394. The number of hydrogen-bond donors (Lipinski definition) is 0. The van der Waals surface area contributed by atoms with Gasteiger partial charge in [0.2, 0.25) is 0 Å². The molecule has 22 heavy (non-hydrogen) atoms. The number of carbonyl (C=O) groups excluding carboxylic acids is 2. The van der Waals surface area contributed by atoms with Crippen LogP contribution in [0.1, 0.15) is 5.76 Å². The van der Waals surface area contributed by atoms with Crippen LogP contribution < -0.4 is 4.90 Å². The number of thioether (sulfide) groups is 1. The summed E-state index contributed by atoms with van der Waals surface area (Å²) >= 11 is 6.93. The number of carbonyl (C=O) groups is 2. The molecule has 2 heterocycles. The minimum atomic E-state index is -0.382. The summed E-state index contributed by atoms with van der Waals surface area (Å²) in [6, 6.07) is 10.3. The summed E-state index contributed by atoms with van der Waals surface area (Å²) in [5.74, 6) is 0.286. The molecule has 1 fully saturated rings. The molecule has 2 aromatic rings. The Morgan fingerprint density at radius 3 is 2.68 bits per heavy atom. The molecule has 2 amide bonds. The Balaban J connectivity index is 1.84. The van der Waals surface area contributed by atoms with Crippen molar-refractivity contribution in [3.05, 3.63) is 70.5 Å². The number of rotatable bonds is 3. The number of nitrogens with zero attached hydrogens (tertiary/aromatic N) is 1. The number of anilines is 1. The molecule has 0 bridgehead atoms. The van der Waals surface area contributed by atoms with Gasteiger partial charge in [-0.2, -0.15) is 0 Å². The minimum Gasteiger partial charge on any atom is -0.465 e. The molecule has 0 spiro atoms. The van der Waals surface area contributed by atoms with Crippen molar-refractivity contribution in [2.24, 2.45) is 0 Å². The van der Waals surface area contributed by atoms with Crippen LogP contribution in [-0.2, 0) is 4.79 Å². The van der Waals surface area contributed by atoms with Crippen molar-refractivity contribution >= 4 is 46.3 Å². The van der Waals surface area contributed by atoms with Crippen LogP contribution in [-0.4, -0.2) is 11.1 Å². The highest BCUT2D eigenvalue weighted by molar-refractivity contribution is 8.18. The lowest BCUT2D eigenvalue weighted by molar-refractivity contribution is -0.113. The summed E-state index contributed by atoms with van der Waals surface area (Å²) in [4.78, 5) is 25.8. The average Bonchev–Trinajstić information content (AvgIpc) is 3.10. The first-order chi connectivity index (χ1) is 10.7. The second kappa shape index (κ2) is 6.25. The van der Waals surface area contributed by atoms with Gasteiger partial charge in [-0.25, -0.2) is 4.90 Å². The molecule has 1 saturated heterocycles. The summed E-state index contributed by atoms with van der Waals surface area (Å²) in [6.45, 7) is 0. The minimum absolute atomic E-state index is 0.340. The highest BCUT2D eigenvalue weighted by Gasteiger charge is 2.36. The van der Waals surface area contributed by atoms with E-state index in [-0.39, 0.29) is 11.1 Å². The fraction of sp³-hybridized carbons (Fsp3) is 0. The number of halogens is 1. The highest BCUT2D eigenvalue weighted by atomic mass is 35.5. The molecular weight excluding hydrogens is 322 g/mol. The van der Waals surface area contributed by atoms with Crippen molar-refractivity contribution < 1.29 is 14.0 Å². The zero-order valence-electron chi connectivity index (χ0n) is 11.2. The van der Waals surface area contributed by atoms with E-state index in [1.54, 1.807) is 60.9 Å². The van der Waals surface area contributed by atoms with E-state index in [4.69, 9.17) is 16.0 Å². The van der Waals surface area contributed by atoms with E-state index in [9.17, 15) is 9.59 Å². The van der Waals surface area contributed by atoms with E-state index in [0.29, 0.717) is 21.4 Å². The Kier molecular flexibility index (Phi) is 4.18. The topological polar surface area (TPSA) is 50.5 Å². The molecule has 0 radical (unpaired) electrons. The van der Waals surface area contributed by atoms with Crippen molar-refractivity contribution in [1.29, 1.82) is 0 Å². The van der Waals surface area contributed by atoms with Crippen LogP contribution in [0.4, 0.5) is 10.5 Å². The maximum atomic E-state index is 12.4. The van der Waals surface area contributed by atoms with E-state index in [2.05, 4.69) is 0 Å². The standard InChI is InChI=1S/C16H10ClNO3S/c17-12-7-1-2-8-13(12)18-15(19)14(22-16(18)20)9-3-5-11-6-4-10-21-11/h1-10H/b5-3+,14-9-. The lowest BCUT2D eigenvalue weighted by atomic mass is 10.3. The fourth-order valence-corrected chi connectivity index (χ4v) is 2.95. The lowest BCUT2D eigenvalue weighted by Gasteiger charge is -2.13. The van der Waals surface area contributed by atoms with E-state index >= 15 is 0 Å². The Hall–Kier alpha value is -2.24. The fourth-order valence-electron chi connectivity index (χ4n) is 1.94. The molecule has 1 aliphatic rings. The van der Waals surface area contributed by atoms with Crippen molar-refractivity contribution in [1.82, 2.24) is 0 Å². The number of amides is 2. The van der Waals surface area contributed by atoms with Gasteiger partial charge in [-0.05, 0) is 48.2 Å². The summed E-state index contributed by atoms with van der Waals surface area (Å²) in [5, 5.41) is -0.00655. The smallest absolute Gasteiger partial charge is 0.298 e. The van der Waals surface area contributed by atoms with Gasteiger partial charge in [0.05, 0.1) is 21.9 Å². The van der Waals surface area contributed by atoms with E-state index in [1.165, 1.54) is 0 Å². The molecule has 110 valence electrons. The third-order valence-corrected chi connectivity index (χ3v) is 4.15. The van der Waals surface area contributed by atoms with Crippen molar-refractivity contribution in [2.75, 3.05) is 4.90 Å². The van der Waals surface area contributed by atoms with E-state index < -0.39 is 0 Å². The summed E-state index contributed by atoms with van der Waals surface area (Å²) in [7, 11) is 0. The quantitative estimate of drug-likeness (QED) is 0.763. The Morgan fingerprint density at radius 1 is 1.14 bits per heavy atom. The first-order valence-electron chi connectivity index (χ1n) is 6.39. The number of para-hydroxylation sites is 1. The molecule has 4 nitrogen and oxygen atoms in total. The Bertz CT molecular complexity index is 780. The van der Waals surface area contributed by atoms with Gasteiger partial charge in [0.1, 0.15) is 5.76 Å². The molecule has 0 saturated carbocycles. The van der Waals surface area contributed by atoms with Gasteiger partial charge in [0, 0.05) is 0 Å². The second-order valence-electron chi connectivity index (χ2n) is 4.37. The van der Waals surface area contributed by atoms with Crippen LogP contribution in [0.3, 0.4) is 0 Å². The van der Waals surface area contributed by atoms with Gasteiger partial charge in [0.25, 0.3) is 11.1 Å². The predicted molar refractivity (Wildman–Crippen MR) is 87.8 cm³/mol. The van der Waals surface area contributed by atoms with Crippen LogP contribution in [0.15, 0.2) is 64.1 Å². The monoisotopic (exact) mass is 331 g/mol. The number of hydrogen-bond acceptors (Lipinski definition) is 4. The van der Waals surface area contributed by atoms with Crippen molar-refractivity contribution in [3.8, 4) is 0 Å². The van der Waals surface area contributed by atoms with Crippen LogP contribution in [0, 0.1) is 0 Å². The molecule has 3 rings (SSSR count). The van der Waals surface area contributed by atoms with Gasteiger partial charge < -0.3 is 4.42 Å². The van der Waals surface area contributed by atoms with E-state index in [0.717, 1.165) is 16.7 Å². The third kappa shape index (κ3) is 2.86. The first kappa shape index (κ1) is 14.7. The third-order valence-electron chi connectivity index (χ3n) is 2.94. The first-order valence-corrected chi connectivity index (χ1v) is 7.59. The lowest BCUT2D eigenvalue weighted by Crippen LogP contribution is -2.27. The van der Waals surface area contributed by atoms with Crippen molar-refractivity contribution in [3.63, 3.8) is 0 Å². The molecule has 1 aromatic heterocycles. The van der Waals surface area contributed by atoms with Gasteiger partial charge in [-0.15, -0.1) is 0 Å². The molecular formula is C16H10ClNO3S. The molecule has 6 heteroatoms. The second-order valence-corrected chi connectivity index (χ2v) is 5.77. The largest absolute Gasteiger partial charge is 0.465 e. The maximum absolute atomic E-state index is 12.4. The average molecular weight is 332 g/mol. The number of benzene rings is 1. The summed E-state index contributed by atoms with van der Waals surface area (Å²) < 4.78 is 5.15. The SMILES string of the molecule is O=C1S/C(=C\C=C\c2ccco2)C(=O)N1c1ccccc1Cl. The molecule has 0 aliphatic carbocycles. The van der Waals surface area contributed by atoms with Crippen LogP contribution in [0.25, 0.3) is 6.08 Å². The predicted octanol–water partition coefficient (Wildman–Crippen LogP) is 4.73. The molecule has 1 aromatic carbocycles. The Labute approximate surface area is 136 Å². The molecule has 0 atom stereocenters. The highest BCUT2D eigenvalue weighted by Crippen LogP contribution is 2.37. The summed E-state index contributed by atoms with van der Waals surface area (Å²) in [6.07, 6.45) is 6.53. The van der Waals surface area contributed by atoms with Gasteiger partial charge in [-0.1, -0.05) is 29.8 Å². The molecule has 0 unspecified atom stereocenters. The van der Waals surface area contributed by atoms with Gasteiger partial charge in [-0.3, -0.25) is 9.59 Å². The normalized spacial score (nSPS) is 17.1. The van der Waals surface area contributed by atoms with Gasteiger partial charge in [0.15, 0.2) is 0 Å². The van der Waals surface area contributed by atoms with Crippen LogP contribution in [0.2, 0.25) is 5.02 Å². The Morgan fingerprint density at radius 2 is 1.95 bits per heavy atom.